The van der Waals surface area contributed by atoms with Crippen LogP contribution < -0.4 is 5.32 Å². The normalized spacial score (nSPS) is 12.3. The molecular formula is C12H13F4N. The van der Waals surface area contributed by atoms with Crippen LogP contribution in [0.5, 0.6) is 0 Å². The predicted molar refractivity (Wildman–Crippen MR) is 59.0 cm³/mol. The van der Waals surface area contributed by atoms with Crippen molar-refractivity contribution in [2.75, 3.05) is 13.6 Å². The molecule has 0 aliphatic carbocycles. The SMILES string of the molecule is CNCCC=Cc1ccc(C(F)(F)F)cc1F. The van der Waals surface area contributed by atoms with Gasteiger partial charge in [-0.05, 0) is 32.1 Å². The van der Waals surface area contributed by atoms with Crippen LogP contribution in [-0.2, 0) is 6.18 Å². The molecule has 1 nitrogen and oxygen atoms in total. The third kappa shape index (κ3) is 4.19. The number of rotatable bonds is 4. The van der Waals surface area contributed by atoms with Crippen molar-refractivity contribution in [2.24, 2.45) is 0 Å². The van der Waals surface area contributed by atoms with Gasteiger partial charge in [0.2, 0.25) is 0 Å². The minimum atomic E-state index is -4.50. The molecule has 0 radical (unpaired) electrons. The third-order valence-electron chi connectivity index (χ3n) is 2.19. The maximum Gasteiger partial charge on any atom is 0.416 e. The largest absolute Gasteiger partial charge is 0.416 e. The van der Waals surface area contributed by atoms with Crippen molar-refractivity contribution in [3.05, 3.63) is 41.2 Å². The first-order chi connectivity index (χ1) is 7.95. The summed E-state index contributed by atoms with van der Waals surface area (Å²) < 4.78 is 50.1. The first-order valence-corrected chi connectivity index (χ1v) is 5.13. The Balaban J connectivity index is 2.80. The molecule has 0 amide bonds. The van der Waals surface area contributed by atoms with Crippen LogP contribution >= 0.6 is 0 Å². The highest BCUT2D eigenvalue weighted by Gasteiger charge is 2.30. The molecule has 0 saturated carbocycles. The first kappa shape index (κ1) is 13.7. The Hall–Kier alpha value is -1.36. The van der Waals surface area contributed by atoms with Gasteiger partial charge in [0.15, 0.2) is 0 Å². The minimum absolute atomic E-state index is 0.161. The molecule has 0 saturated heterocycles. The van der Waals surface area contributed by atoms with Crippen LogP contribution in [0.4, 0.5) is 17.6 Å². The maximum absolute atomic E-state index is 13.3. The van der Waals surface area contributed by atoms with Crippen molar-refractivity contribution in [1.29, 1.82) is 0 Å². The molecule has 1 aromatic rings. The molecule has 0 aromatic heterocycles. The molecule has 0 atom stereocenters. The minimum Gasteiger partial charge on any atom is -0.319 e. The Morgan fingerprint density at radius 3 is 2.53 bits per heavy atom. The second-order valence-corrected chi connectivity index (χ2v) is 3.53. The van der Waals surface area contributed by atoms with E-state index in [-0.39, 0.29) is 5.56 Å². The summed E-state index contributed by atoms with van der Waals surface area (Å²) in [5.74, 6) is -0.861. The summed E-state index contributed by atoms with van der Waals surface area (Å²) in [5.41, 5.74) is -0.809. The van der Waals surface area contributed by atoms with E-state index < -0.39 is 17.6 Å². The number of hydrogen-bond donors (Lipinski definition) is 1. The lowest BCUT2D eigenvalue weighted by Gasteiger charge is -2.07. The second-order valence-electron chi connectivity index (χ2n) is 3.53. The Morgan fingerprint density at radius 2 is 2.00 bits per heavy atom. The molecule has 0 aliphatic heterocycles. The highest BCUT2D eigenvalue weighted by Crippen LogP contribution is 2.30. The van der Waals surface area contributed by atoms with Crippen LogP contribution in [0.15, 0.2) is 24.3 Å². The van der Waals surface area contributed by atoms with E-state index in [4.69, 9.17) is 0 Å². The fraction of sp³-hybridized carbons (Fsp3) is 0.333. The summed E-state index contributed by atoms with van der Waals surface area (Å²) in [6, 6.07) is 2.52. The lowest BCUT2D eigenvalue weighted by Crippen LogP contribution is -2.06. The van der Waals surface area contributed by atoms with E-state index in [1.807, 2.05) is 0 Å². The van der Waals surface area contributed by atoms with Gasteiger partial charge >= 0.3 is 6.18 Å². The Kier molecular flexibility index (Phi) is 4.69. The molecule has 94 valence electrons. The smallest absolute Gasteiger partial charge is 0.319 e. The number of benzene rings is 1. The van der Waals surface area contributed by atoms with Crippen LogP contribution in [0.1, 0.15) is 17.5 Å². The Bertz CT molecular complexity index is 396. The van der Waals surface area contributed by atoms with Crippen LogP contribution in [0.3, 0.4) is 0 Å². The van der Waals surface area contributed by atoms with Gasteiger partial charge in [-0.25, -0.2) is 4.39 Å². The van der Waals surface area contributed by atoms with Crippen molar-refractivity contribution in [3.63, 3.8) is 0 Å². The topological polar surface area (TPSA) is 12.0 Å². The molecule has 17 heavy (non-hydrogen) atoms. The van der Waals surface area contributed by atoms with E-state index in [9.17, 15) is 17.6 Å². The molecule has 1 rings (SSSR count). The fourth-order valence-corrected chi connectivity index (χ4v) is 1.28. The zero-order valence-electron chi connectivity index (χ0n) is 9.31. The van der Waals surface area contributed by atoms with Gasteiger partial charge < -0.3 is 5.32 Å². The summed E-state index contributed by atoms with van der Waals surface area (Å²) in [7, 11) is 1.78. The molecule has 0 heterocycles. The summed E-state index contributed by atoms with van der Waals surface area (Å²) in [4.78, 5) is 0. The van der Waals surface area contributed by atoms with Crippen molar-refractivity contribution in [3.8, 4) is 0 Å². The van der Waals surface area contributed by atoms with Crippen LogP contribution in [0.2, 0.25) is 0 Å². The van der Waals surface area contributed by atoms with Gasteiger partial charge in [0.05, 0.1) is 5.56 Å². The summed E-state index contributed by atoms with van der Waals surface area (Å²) in [5, 5.41) is 2.90. The molecule has 0 aliphatic rings. The number of halogens is 4. The molecule has 0 bridgehead atoms. The van der Waals surface area contributed by atoms with Gasteiger partial charge in [0, 0.05) is 5.56 Å². The number of nitrogens with one attached hydrogen (secondary N) is 1. The maximum atomic E-state index is 13.3. The standard InChI is InChI=1S/C12H13F4N/c1-17-7-3-2-4-9-5-6-10(8-11(9)13)12(14,15)16/h2,4-6,8,17H,3,7H2,1H3. The molecular weight excluding hydrogens is 234 g/mol. The molecule has 0 fully saturated rings. The van der Waals surface area contributed by atoms with E-state index >= 15 is 0 Å². The average molecular weight is 247 g/mol. The molecule has 0 unspecified atom stereocenters. The van der Waals surface area contributed by atoms with Crippen molar-refractivity contribution in [1.82, 2.24) is 5.32 Å². The average Bonchev–Trinajstić information content (AvgIpc) is 2.24. The lowest BCUT2D eigenvalue weighted by atomic mass is 10.1. The lowest BCUT2D eigenvalue weighted by molar-refractivity contribution is -0.137. The van der Waals surface area contributed by atoms with Gasteiger partial charge in [-0.2, -0.15) is 13.2 Å². The predicted octanol–water partition coefficient (Wildman–Crippen LogP) is 3.47. The third-order valence-corrected chi connectivity index (χ3v) is 2.19. The van der Waals surface area contributed by atoms with E-state index in [2.05, 4.69) is 5.32 Å². The van der Waals surface area contributed by atoms with Crippen LogP contribution in [0.25, 0.3) is 6.08 Å². The summed E-state index contributed by atoms with van der Waals surface area (Å²) in [6.45, 7) is 0.735. The van der Waals surface area contributed by atoms with E-state index in [0.29, 0.717) is 12.5 Å². The quantitative estimate of drug-likeness (QED) is 0.634. The monoisotopic (exact) mass is 247 g/mol. The van der Waals surface area contributed by atoms with E-state index in [0.717, 1.165) is 18.7 Å². The number of hydrogen-bond acceptors (Lipinski definition) is 1. The van der Waals surface area contributed by atoms with Crippen LogP contribution in [-0.4, -0.2) is 13.6 Å². The van der Waals surface area contributed by atoms with Crippen LogP contribution in [0, 0.1) is 5.82 Å². The number of alkyl halides is 3. The molecule has 0 spiro atoms. The van der Waals surface area contributed by atoms with E-state index in [1.165, 1.54) is 6.08 Å². The van der Waals surface area contributed by atoms with Gasteiger partial charge in [-0.3, -0.25) is 0 Å². The molecule has 1 aromatic carbocycles. The zero-order chi connectivity index (χ0) is 12.9. The molecule has 5 heteroatoms. The summed E-state index contributed by atoms with van der Waals surface area (Å²) >= 11 is 0. The van der Waals surface area contributed by atoms with Gasteiger partial charge in [0.1, 0.15) is 5.82 Å². The highest BCUT2D eigenvalue weighted by atomic mass is 19.4. The Labute approximate surface area is 97.1 Å². The Morgan fingerprint density at radius 1 is 1.29 bits per heavy atom. The fourth-order valence-electron chi connectivity index (χ4n) is 1.28. The van der Waals surface area contributed by atoms with Crippen molar-refractivity contribution in [2.45, 2.75) is 12.6 Å². The van der Waals surface area contributed by atoms with Gasteiger partial charge in [-0.15, -0.1) is 0 Å². The van der Waals surface area contributed by atoms with Gasteiger partial charge in [-0.1, -0.05) is 18.2 Å². The summed E-state index contributed by atoms with van der Waals surface area (Å²) in [6.07, 6.45) is -0.624. The van der Waals surface area contributed by atoms with E-state index in [1.54, 1.807) is 13.1 Å². The molecule has 1 N–H and O–H groups in total. The zero-order valence-corrected chi connectivity index (χ0v) is 9.31. The van der Waals surface area contributed by atoms with Crippen molar-refractivity contribution < 1.29 is 17.6 Å². The second kappa shape index (κ2) is 5.82. The van der Waals surface area contributed by atoms with Crippen molar-refractivity contribution >= 4 is 6.08 Å². The first-order valence-electron chi connectivity index (χ1n) is 5.13. The van der Waals surface area contributed by atoms with Gasteiger partial charge in [0.25, 0.3) is 0 Å². The highest BCUT2D eigenvalue weighted by molar-refractivity contribution is 5.50.